The topological polar surface area (TPSA) is 32.3 Å². The van der Waals surface area contributed by atoms with Crippen molar-refractivity contribution >= 4 is 0 Å². The molecular formula is C14H20FNO. The highest BCUT2D eigenvalue weighted by atomic mass is 19.1. The molecule has 0 aromatic heterocycles. The number of aliphatic hydroxyl groups is 1. The van der Waals surface area contributed by atoms with Crippen LogP contribution in [0.2, 0.25) is 0 Å². The van der Waals surface area contributed by atoms with E-state index in [9.17, 15) is 9.50 Å². The number of nitrogens with one attached hydrogen (secondary N) is 1. The molecule has 0 amide bonds. The molecule has 2 rings (SSSR count). The highest BCUT2D eigenvalue weighted by Gasteiger charge is 2.18. The molecule has 0 saturated heterocycles. The van der Waals surface area contributed by atoms with E-state index in [1.165, 1.54) is 6.07 Å². The van der Waals surface area contributed by atoms with Gasteiger partial charge in [-0.2, -0.15) is 0 Å². The third-order valence-corrected chi connectivity index (χ3v) is 3.43. The van der Waals surface area contributed by atoms with Crippen molar-refractivity contribution in [1.29, 1.82) is 0 Å². The van der Waals surface area contributed by atoms with Gasteiger partial charge in [-0.1, -0.05) is 12.1 Å². The van der Waals surface area contributed by atoms with Gasteiger partial charge in [-0.15, -0.1) is 0 Å². The van der Waals surface area contributed by atoms with Crippen LogP contribution in [0.25, 0.3) is 0 Å². The second-order valence-corrected chi connectivity index (χ2v) is 4.84. The molecule has 17 heavy (non-hydrogen) atoms. The molecule has 0 heterocycles. The van der Waals surface area contributed by atoms with Gasteiger partial charge in [-0.3, -0.25) is 0 Å². The number of hydrogen-bond acceptors (Lipinski definition) is 2. The van der Waals surface area contributed by atoms with Crippen molar-refractivity contribution in [2.24, 2.45) is 0 Å². The van der Waals surface area contributed by atoms with Gasteiger partial charge in [0, 0.05) is 6.04 Å². The molecule has 1 aliphatic carbocycles. The normalized spacial score (nSPS) is 24.8. The van der Waals surface area contributed by atoms with Crippen molar-refractivity contribution in [1.82, 2.24) is 5.32 Å². The minimum absolute atomic E-state index is 0.101. The van der Waals surface area contributed by atoms with Crippen LogP contribution in [-0.2, 0) is 6.42 Å². The van der Waals surface area contributed by atoms with Crippen LogP contribution in [-0.4, -0.2) is 23.8 Å². The Morgan fingerprint density at radius 1 is 1.24 bits per heavy atom. The largest absolute Gasteiger partial charge is 0.393 e. The summed E-state index contributed by atoms with van der Waals surface area (Å²) in [6, 6.07) is 7.29. The number of hydrogen-bond donors (Lipinski definition) is 2. The Bertz CT molecular complexity index is 348. The second-order valence-electron chi connectivity index (χ2n) is 4.84. The summed E-state index contributed by atoms with van der Waals surface area (Å²) in [6.45, 7) is 0.879. The van der Waals surface area contributed by atoms with E-state index >= 15 is 0 Å². The maximum atomic E-state index is 12.9. The summed E-state index contributed by atoms with van der Waals surface area (Å²) >= 11 is 0. The summed E-state index contributed by atoms with van der Waals surface area (Å²) in [4.78, 5) is 0. The first kappa shape index (κ1) is 12.5. The third kappa shape index (κ3) is 4.10. The Morgan fingerprint density at radius 2 is 2.00 bits per heavy atom. The second kappa shape index (κ2) is 6.12. The van der Waals surface area contributed by atoms with E-state index in [1.54, 1.807) is 12.1 Å². The zero-order valence-corrected chi connectivity index (χ0v) is 10.0. The molecule has 0 bridgehead atoms. The molecule has 1 fully saturated rings. The van der Waals surface area contributed by atoms with Gasteiger partial charge in [0.1, 0.15) is 5.82 Å². The molecule has 1 aromatic rings. The summed E-state index contributed by atoms with van der Waals surface area (Å²) < 4.78 is 12.9. The van der Waals surface area contributed by atoms with Crippen molar-refractivity contribution < 1.29 is 9.50 Å². The highest BCUT2D eigenvalue weighted by Crippen LogP contribution is 2.18. The van der Waals surface area contributed by atoms with E-state index < -0.39 is 0 Å². The van der Waals surface area contributed by atoms with E-state index in [0.29, 0.717) is 6.04 Å². The lowest BCUT2D eigenvalue weighted by atomic mass is 9.93. The summed E-state index contributed by atoms with van der Waals surface area (Å²) in [6.07, 6.45) is 4.65. The number of aliphatic hydroxyl groups excluding tert-OH is 1. The monoisotopic (exact) mass is 237 g/mol. The van der Waals surface area contributed by atoms with Crippen LogP contribution in [0, 0.1) is 5.82 Å². The van der Waals surface area contributed by atoms with Gasteiger partial charge >= 0.3 is 0 Å². The Kier molecular flexibility index (Phi) is 4.51. The van der Waals surface area contributed by atoms with Crippen LogP contribution in [0.1, 0.15) is 31.2 Å². The lowest BCUT2D eigenvalue weighted by Gasteiger charge is -2.26. The number of halogens is 1. The first-order chi connectivity index (χ1) is 8.24. The van der Waals surface area contributed by atoms with Gasteiger partial charge in [0.2, 0.25) is 0 Å². The zero-order valence-electron chi connectivity index (χ0n) is 10.0. The lowest BCUT2D eigenvalue weighted by Crippen LogP contribution is -2.35. The summed E-state index contributed by atoms with van der Waals surface area (Å²) in [5, 5.41) is 12.9. The molecule has 2 nitrogen and oxygen atoms in total. The average molecular weight is 237 g/mol. The average Bonchev–Trinajstić information content (AvgIpc) is 2.32. The van der Waals surface area contributed by atoms with Crippen LogP contribution in [0.15, 0.2) is 24.3 Å². The molecule has 1 saturated carbocycles. The predicted octanol–water partition coefficient (Wildman–Crippen LogP) is 2.26. The van der Waals surface area contributed by atoms with Crippen LogP contribution in [0.3, 0.4) is 0 Å². The fourth-order valence-electron chi connectivity index (χ4n) is 2.39. The van der Waals surface area contributed by atoms with E-state index in [1.807, 2.05) is 6.07 Å². The van der Waals surface area contributed by atoms with Crippen LogP contribution < -0.4 is 5.32 Å². The van der Waals surface area contributed by atoms with Gasteiger partial charge in [0.25, 0.3) is 0 Å². The third-order valence-electron chi connectivity index (χ3n) is 3.43. The van der Waals surface area contributed by atoms with Crippen molar-refractivity contribution in [2.75, 3.05) is 6.54 Å². The first-order valence-corrected chi connectivity index (χ1v) is 6.40. The minimum Gasteiger partial charge on any atom is -0.393 e. The Hall–Kier alpha value is -0.930. The molecule has 3 heteroatoms. The summed E-state index contributed by atoms with van der Waals surface area (Å²) in [5.41, 5.74) is 1.04. The molecule has 0 aliphatic heterocycles. The fraction of sp³-hybridized carbons (Fsp3) is 0.571. The van der Waals surface area contributed by atoms with Crippen LogP contribution >= 0.6 is 0 Å². The quantitative estimate of drug-likeness (QED) is 0.842. The molecule has 0 atom stereocenters. The Labute approximate surface area is 102 Å². The van der Waals surface area contributed by atoms with Gasteiger partial charge in [0.15, 0.2) is 0 Å². The van der Waals surface area contributed by atoms with Crippen molar-refractivity contribution in [3.63, 3.8) is 0 Å². The van der Waals surface area contributed by atoms with Crippen molar-refractivity contribution in [2.45, 2.75) is 44.2 Å². The summed E-state index contributed by atoms with van der Waals surface area (Å²) in [5.74, 6) is -0.164. The van der Waals surface area contributed by atoms with E-state index in [2.05, 4.69) is 5.32 Å². The zero-order chi connectivity index (χ0) is 12.1. The van der Waals surface area contributed by atoms with Crippen molar-refractivity contribution in [3.8, 4) is 0 Å². The molecule has 1 aromatic carbocycles. The smallest absolute Gasteiger partial charge is 0.123 e. The van der Waals surface area contributed by atoms with E-state index in [-0.39, 0.29) is 11.9 Å². The maximum absolute atomic E-state index is 12.9. The molecule has 0 radical (unpaired) electrons. The SMILES string of the molecule is OC1CCC(NCCc2cccc(F)c2)CC1. The van der Waals surface area contributed by atoms with Crippen molar-refractivity contribution in [3.05, 3.63) is 35.6 Å². The first-order valence-electron chi connectivity index (χ1n) is 6.40. The molecule has 1 aliphatic rings. The maximum Gasteiger partial charge on any atom is 0.123 e. The molecule has 94 valence electrons. The van der Waals surface area contributed by atoms with Gasteiger partial charge in [-0.05, 0) is 56.3 Å². The minimum atomic E-state index is -0.164. The predicted molar refractivity (Wildman–Crippen MR) is 66.4 cm³/mol. The van der Waals surface area contributed by atoms with E-state index in [4.69, 9.17) is 0 Å². The molecule has 2 N–H and O–H groups in total. The van der Waals surface area contributed by atoms with Gasteiger partial charge < -0.3 is 10.4 Å². The molecular weight excluding hydrogens is 217 g/mol. The highest BCUT2D eigenvalue weighted by molar-refractivity contribution is 5.16. The number of rotatable bonds is 4. The molecule has 0 unspecified atom stereocenters. The summed E-state index contributed by atoms with van der Waals surface area (Å²) in [7, 11) is 0. The standard InChI is InChI=1S/C14H20FNO/c15-12-3-1-2-11(10-12)8-9-16-13-4-6-14(17)7-5-13/h1-3,10,13-14,16-17H,4-9H2. The van der Waals surface area contributed by atoms with Crippen LogP contribution in [0.4, 0.5) is 4.39 Å². The van der Waals surface area contributed by atoms with Crippen LogP contribution in [0.5, 0.6) is 0 Å². The van der Waals surface area contributed by atoms with E-state index in [0.717, 1.165) is 44.2 Å². The Morgan fingerprint density at radius 3 is 2.71 bits per heavy atom. The van der Waals surface area contributed by atoms with Gasteiger partial charge in [-0.25, -0.2) is 4.39 Å². The fourth-order valence-corrected chi connectivity index (χ4v) is 2.39. The Balaban J connectivity index is 1.69. The van der Waals surface area contributed by atoms with Gasteiger partial charge in [0.05, 0.1) is 6.10 Å². The lowest BCUT2D eigenvalue weighted by molar-refractivity contribution is 0.117. The molecule has 0 spiro atoms. The number of benzene rings is 1.